The molecule has 0 aliphatic carbocycles. The molecule has 7 nitrogen and oxygen atoms in total. The Bertz CT molecular complexity index is 662. The zero-order valence-corrected chi connectivity index (χ0v) is 14.1. The van der Waals surface area contributed by atoms with Crippen molar-refractivity contribution in [3.8, 4) is 0 Å². The normalized spacial score (nSPS) is 22.1. The molecule has 9 heteroatoms. The Kier molecular flexibility index (Phi) is 4.80. The minimum absolute atomic E-state index is 0. The maximum absolute atomic E-state index is 12.5. The first kappa shape index (κ1) is 16.1. The van der Waals surface area contributed by atoms with Crippen LogP contribution in [0.25, 0.3) is 5.78 Å². The van der Waals surface area contributed by atoms with Crippen LogP contribution in [-0.2, 0) is 0 Å². The van der Waals surface area contributed by atoms with Crippen molar-refractivity contribution in [1.82, 2.24) is 29.8 Å². The molecule has 21 heavy (non-hydrogen) atoms. The molecule has 0 bridgehead atoms. The highest BCUT2D eigenvalue weighted by Crippen LogP contribution is 2.13. The van der Waals surface area contributed by atoms with Crippen LogP contribution in [0.4, 0.5) is 0 Å². The lowest BCUT2D eigenvalue weighted by atomic mass is 10.1. The van der Waals surface area contributed by atoms with E-state index in [0.717, 1.165) is 11.0 Å². The first-order valence-electron chi connectivity index (χ1n) is 6.48. The van der Waals surface area contributed by atoms with Crippen molar-refractivity contribution in [3.05, 3.63) is 22.7 Å². The molecule has 2 aromatic heterocycles. The quantitative estimate of drug-likeness (QED) is 0.809. The smallest absolute Gasteiger partial charge is 0.293 e. The Hall–Kier alpha value is -1.25. The zero-order valence-electron chi connectivity index (χ0n) is 11.7. The lowest BCUT2D eigenvalue weighted by Crippen LogP contribution is -2.57. The number of rotatable bonds is 1. The average molecular weight is 376 g/mol. The number of halogens is 2. The number of nitrogens with one attached hydrogen (secondary N) is 1. The summed E-state index contributed by atoms with van der Waals surface area (Å²) < 4.78 is 2.30. The van der Waals surface area contributed by atoms with E-state index in [4.69, 9.17) is 0 Å². The molecule has 3 heterocycles. The van der Waals surface area contributed by atoms with Crippen LogP contribution in [0, 0.1) is 0 Å². The Balaban J connectivity index is 0.00000161. The van der Waals surface area contributed by atoms with Gasteiger partial charge in [0.05, 0.1) is 4.47 Å². The summed E-state index contributed by atoms with van der Waals surface area (Å²) in [5.74, 6) is 0.469. The van der Waals surface area contributed by atoms with Gasteiger partial charge in [0.15, 0.2) is 0 Å². The Morgan fingerprint density at radius 1 is 1.48 bits per heavy atom. The fraction of sp³-hybridized carbons (Fsp3) is 0.500. The topological polar surface area (TPSA) is 75.4 Å². The van der Waals surface area contributed by atoms with Crippen LogP contribution in [0.1, 0.15) is 24.5 Å². The molecule has 1 amide bonds. The molecule has 0 saturated carbocycles. The first-order chi connectivity index (χ1) is 9.56. The summed E-state index contributed by atoms with van der Waals surface area (Å²) in [6, 6.07) is 0.375. The molecular formula is C12H16BrClN6O. The fourth-order valence-electron chi connectivity index (χ4n) is 2.32. The lowest BCUT2D eigenvalue weighted by Gasteiger charge is -2.37. The largest absolute Gasteiger partial charge is 0.330 e. The third-order valence-corrected chi connectivity index (χ3v) is 4.06. The second kappa shape index (κ2) is 6.25. The number of amides is 1. The van der Waals surface area contributed by atoms with Gasteiger partial charge in [0.2, 0.25) is 5.82 Å². The summed E-state index contributed by atoms with van der Waals surface area (Å²) in [6.07, 6.45) is 3.36. The van der Waals surface area contributed by atoms with Gasteiger partial charge in [-0.3, -0.25) is 4.79 Å². The number of fused-ring (bicyclic) bond motifs is 1. The number of hydrogen-bond acceptors (Lipinski definition) is 5. The van der Waals surface area contributed by atoms with Gasteiger partial charge in [0.1, 0.15) is 0 Å². The Morgan fingerprint density at radius 3 is 3.00 bits per heavy atom. The molecule has 2 atom stereocenters. The summed E-state index contributed by atoms with van der Waals surface area (Å²) in [4.78, 5) is 22.7. The highest BCUT2D eigenvalue weighted by Gasteiger charge is 2.30. The number of carbonyl (C=O) groups is 1. The molecule has 0 aromatic carbocycles. The van der Waals surface area contributed by atoms with Crippen molar-refractivity contribution < 1.29 is 4.79 Å². The predicted octanol–water partition coefficient (Wildman–Crippen LogP) is 1.13. The SMILES string of the molecule is CC1NCCN(C(=O)c2nc3ncc(Br)cn3n2)C1C.Cl. The summed E-state index contributed by atoms with van der Waals surface area (Å²) in [5.41, 5.74) is 0. The first-order valence-corrected chi connectivity index (χ1v) is 7.28. The zero-order chi connectivity index (χ0) is 14.3. The second-order valence-electron chi connectivity index (χ2n) is 4.93. The molecule has 1 fully saturated rings. The van der Waals surface area contributed by atoms with Gasteiger partial charge >= 0.3 is 0 Å². The van der Waals surface area contributed by atoms with E-state index < -0.39 is 0 Å². The van der Waals surface area contributed by atoms with Crippen molar-refractivity contribution in [3.63, 3.8) is 0 Å². The van der Waals surface area contributed by atoms with Gasteiger partial charge in [0.25, 0.3) is 11.7 Å². The Morgan fingerprint density at radius 2 is 2.24 bits per heavy atom. The van der Waals surface area contributed by atoms with Gasteiger partial charge in [0, 0.05) is 37.6 Å². The fourth-order valence-corrected chi connectivity index (χ4v) is 2.62. The number of hydrogen-bond donors (Lipinski definition) is 1. The van der Waals surface area contributed by atoms with Gasteiger partial charge in [-0.1, -0.05) is 0 Å². The van der Waals surface area contributed by atoms with E-state index in [1.165, 1.54) is 4.52 Å². The van der Waals surface area contributed by atoms with E-state index in [-0.39, 0.29) is 36.2 Å². The predicted molar refractivity (Wildman–Crippen MR) is 83.7 cm³/mol. The van der Waals surface area contributed by atoms with E-state index >= 15 is 0 Å². The van der Waals surface area contributed by atoms with Crippen LogP contribution < -0.4 is 5.32 Å². The highest BCUT2D eigenvalue weighted by atomic mass is 79.9. The van der Waals surface area contributed by atoms with E-state index in [2.05, 4.69) is 43.2 Å². The van der Waals surface area contributed by atoms with Crippen LogP contribution in [0.5, 0.6) is 0 Å². The van der Waals surface area contributed by atoms with Gasteiger partial charge in [-0.25, -0.2) is 9.50 Å². The van der Waals surface area contributed by atoms with E-state index in [0.29, 0.717) is 12.3 Å². The van der Waals surface area contributed by atoms with Crippen molar-refractivity contribution in [2.24, 2.45) is 0 Å². The number of carbonyl (C=O) groups excluding carboxylic acids is 1. The summed E-state index contributed by atoms with van der Waals surface area (Å²) in [5, 5.41) is 7.55. The number of nitrogens with zero attached hydrogens (tertiary/aromatic N) is 5. The molecule has 1 saturated heterocycles. The van der Waals surface area contributed by atoms with Gasteiger partial charge < -0.3 is 10.2 Å². The monoisotopic (exact) mass is 374 g/mol. The van der Waals surface area contributed by atoms with Gasteiger partial charge in [-0.2, -0.15) is 4.98 Å². The summed E-state index contributed by atoms with van der Waals surface area (Å²) in [7, 11) is 0. The van der Waals surface area contributed by atoms with E-state index in [9.17, 15) is 4.79 Å². The lowest BCUT2D eigenvalue weighted by molar-refractivity contribution is 0.0590. The molecule has 114 valence electrons. The van der Waals surface area contributed by atoms with Crippen LogP contribution in [0.15, 0.2) is 16.9 Å². The van der Waals surface area contributed by atoms with Crippen molar-refractivity contribution in [2.45, 2.75) is 25.9 Å². The maximum atomic E-state index is 12.5. The van der Waals surface area contributed by atoms with Gasteiger partial charge in [-0.15, -0.1) is 17.5 Å². The van der Waals surface area contributed by atoms with Crippen LogP contribution >= 0.6 is 28.3 Å². The highest BCUT2D eigenvalue weighted by molar-refractivity contribution is 9.10. The molecule has 1 aliphatic rings. The summed E-state index contributed by atoms with van der Waals surface area (Å²) in [6.45, 7) is 5.55. The van der Waals surface area contributed by atoms with Gasteiger partial charge in [-0.05, 0) is 29.8 Å². The molecule has 2 unspecified atom stereocenters. The molecule has 1 N–H and O–H groups in total. The van der Waals surface area contributed by atoms with Crippen molar-refractivity contribution in [1.29, 1.82) is 0 Å². The molecule has 1 aliphatic heterocycles. The minimum atomic E-state index is -0.146. The third-order valence-electron chi connectivity index (χ3n) is 3.65. The molecule has 0 radical (unpaired) electrons. The average Bonchev–Trinajstić information content (AvgIpc) is 2.84. The molecule has 2 aromatic rings. The standard InChI is InChI=1S/C12H15BrN6O.ClH/c1-7-8(2)18(4-3-14-7)11(20)10-16-12-15-5-9(13)6-19(12)17-10;/h5-8,14H,3-4H2,1-2H3;1H. The van der Waals surface area contributed by atoms with Crippen LogP contribution in [-0.4, -0.2) is 55.6 Å². The molecular weight excluding hydrogens is 360 g/mol. The van der Waals surface area contributed by atoms with Crippen molar-refractivity contribution >= 4 is 40.0 Å². The minimum Gasteiger partial charge on any atom is -0.330 e. The van der Waals surface area contributed by atoms with E-state index in [1.54, 1.807) is 12.4 Å². The number of piperazine rings is 1. The number of aromatic nitrogens is 4. The Labute approximate surface area is 136 Å². The van der Waals surface area contributed by atoms with Crippen LogP contribution in [0.2, 0.25) is 0 Å². The molecule has 3 rings (SSSR count). The maximum Gasteiger partial charge on any atom is 0.293 e. The van der Waals surface area contributed by atoms with Crippen LogP contribution in [0.3, 0.4) is 0 Å². The molecule has 0 spiro atoms. The second-order valence-corrected chi connectivity index (χ2v) is 5.85. The van der Waals surface area contributed by atoms with Crippen molar-refractivity contribution in [2.75, 3.05) is 13.1 Å². The van der Waals surface area contributed by atoms with E-state index in [1.807, 2.05) is 11.8 Å². The third kappa shape index (κ3) is 3.02. The summed E-state index contributed by atoms with van der Waals surface area (Å²) >= 11 is 3.32.